The molecule has 1 aromatic carbocycles. The SMILES string of the molecule is Cc1c[c]n(-c2cccc(F)c2)n1. The first-order valence-electron chi connectivity index (χ1n) is 3.96. The first-order chi connectivity index (χ1) is 6.25. The van der Waals surface area contributed by atoms with Crippen molar-refractivity contribution in [1.29, 1.82) is 0 Å². The Morgan fingerprint density at radius 1 is 1.46 bits per heavy atom. The molecule has 0 fully saturated rings. The first kappa shape index (κ1) is 7.98. The maximum Gasteiger partial charge on any atom is 0.125 e. The third kappa shape index (κ3) is 1.59. The molecule has 1 radical (unpaired) electrons. The van der Waals surface area contributed by atoms with Gasteiger partial charge in [-0.1, -0.05) is 6.07 Å². The molecule has 0 aliphatic heterocycles. The predicted octanol–water partition coefficient (Wildman–Crippen LogP) is 2.12. The molecule has 0 N–H and O–H groups in total. The minimum absolute atomic E-state index is 0.265. The van der Waals surface area contributed by atoms with Crippen LogP contribution in [0.3, 0.4) is 0 Å². The standard InChI is InChI=1S/C10H8FN2/c1-8-5-6-13(12-8)10-4-2-3-9(11)7-10/h2-5,7H,1H3. The molecule has 0 amide bonds. The Hall–Kier alpha value is -1.64. The van der Waals surface area contributed by atoms with E-state index >= 15 is 0 Å². The fourth-order valence-corrected chi connectivity index (χ4v) is 1.11. The zero-order chi connectivity index (χ0) is 9.26. The zero-order valence-electron chi connectivity index (χ0n) is 7.16. The van der Waals surface area contributed by atoms with E-state index in [1.54, 1.807) is 18.2 Å². The van der Waals surface area contributed by atoms with Gasteiger partial charge in [-0.2, -0.15) is 5.10 Å². The third-order valence-corrected chi connectivity index (χ3v) is 1.71. The van der Waals surface area contributed by atoms with Gasteiger partial charge in [-0.15, -0.1) is 0 Å². The van der Waals surface area contributed by atoms with Gasteiger partial charge in [0.2, 0.25) is 0 Å². The average molecular weight is 175 g/mol. The summed E-state index contributed by atoms with van der Waals surface area (Å²) in [5.41, 5.74) is 1.55. The summed E-state index contributed by atoms with van der Waals surface area (Å²) >= 11 is 0. The molecule has 13 heavy (non-hydrogen) atoms. The van der Waals surface area contributed by atoms with Crippen LogP contribution in [0.5, 0.6) is 0 Å². The molecular formula is C10H8FN2. The van der Waals surface area contributed by atoms with E-state index < -0.39 is 0 Å². The highest BCUT2D eigenvalue weighted by atomic mass is 19.1. The molecule has 0 saturated carbocycles. The minimum Gasteiger partial charge on any atom is -0.231 e. The van der Waals surface area contributed by atoms with Gasteiger partial charge in [-0.3, -0.25) is 0 Å². The largest absolute Gasteiger partial charge is 0.231 e. The molecule has 3 heteroatoms. The second-order valence-corrected chi connectivity index (χ2v) is 2.81. The summed E-state index contributed by atoms with van der Waals surface area (Å²) in [6, 6.07) is 8.01. The Morgan fingerprint density at radius 2 is 2.31 bits per heavy atom. The monoisotopic (exact) mass is 175 g/mol. The van der Waals surface area contributed by atoms with E-state index in [2.05, 4.69) is 11.3 Å². The molecule has 0 saturated heterocycles. The van der Waals surface area contributed by atoms with Crippen molar-refractivity contribution in [3.8, 4) is 5.69 Å². The van der Waals surface area contributed by atoms with Gasteiger partial charge < -0.3 is 0 Å². The molecule has 0 atom stereocenters. The van der Waals surface area contributed by atoms with Gasteiger partial charge in [0.1, 0.15) is 5.82 Å². The highest BCUT2D eigenvalue weighted by Crippen LogP contribution is 2.08. The normalized spacial score (nSPS) is 10.3. The van der Waals surface area contributed by atoms with E-state index in [9.17, 15) is 4.39 Å². The summed E-state index contributed by atoms with van der Waals surface area (Å²) in [5, 5.41) is 4.12. The number of halogens is 1. The van der Waals surface area contributed by atoms with Crippen molar-refractivity contribution in [2.75, 3.05) is 0 Å². The average Bonchev–Trinajstić information content (AvgIpc) is 2.52. The van der Waals surface area contributed by atoms with Crippen LogP contribution in [-0.4, -0.2) is 9.78 Å². The van der Waals surface area contributed by atoms with Gasteiger partial charge >= 0.3 is 0 Å². The van der Waals surface area contributed by atoms with E-state index in [-0.39, 0.29) is 5.82 Å². The van der Waals surface area contributed by atoms with Gasteiger partial charge in [0.15, 0.2) is 0 Å². The predicted molar refractivity (Wildman–Crippen MR) is 47.1 cm³/mol. The van der Waals surface area contributed by atoms with Crippen molar-refractivity contribution < 1.29 is 4.39 Å². The summed E-state index contributed by atoms with van der Waals surface area (Å²) < 4.78 is 14.3. The number of rotatable bonds is 1. The molecule has 2 rings (SSSR count). The van der Waals surface area contributed by atoms with Gasteiger partial charge in [-0.05, 0) is 31.2 Å². The van der Waals surface area contributed by atoms with Crippen LogP contribution in [0.4, 0.5) is 4.39 Å². The summed E-state index contributed by atoms with van der Waals surface area (Å²) in [6.07, 6.45) is 2.89. The molecule has 0 spiro atoms. The van der Waals surface area contributed by atoms with Gasteiger partial charge in [0.25, 0.3) is 0 Å². The second kappa shape index (κ2) is 3.01. The quantitative estimate of drug-likeness (QED) is 0.649. The lowest BCUT2D eigenvalue weighted by atomic mass is 10.3. The highest BCUT2D eigenvalue weighted by Gasteiger charge is 1.98. The summed E-state index contributed by atoms with van der Waals surface area (Å²) in [6.45, 7) is 1.87. The Kier molecular flexibility index (Phi) is 1.85. The molecule has 0 aliphatic carbocycles. The lowest BCUT2D eigenvalue weighted by molar-refractivity contribution is 0.625. The molecule has 0 unspecified atom stereocenters. The zero-order valence-corrected chi connectivity index (χ0v) is 7.16. The summed E-state index contributed by atoms with van der Waals surface area (Å²) in [7, 11) is 0. The third-order valence-electron chi connectivity index (χ3n) is 1.71. The maximum absolute atomic E-state index is 12.8. The van der Waals surface area contributed by atoms with Crippen LogP contribution in [0.2, 0.25) is 0 Å². The van der Waals surface area contributed by atoms with Crippen LogP contribution in [0.15, 0.2) is 30.3 Å². The lowest BCUT2D eigenvalue weighted by Gasteiger charge is -1.99. The maximum atomic E-state index is 12.8. The molecule has 2 aromatic rings. The Bertz CT molecular complexity index is 420. The van der Waals surface area contributed by atoms with E-state index in [1.807, 2.05) is 6.92 Å². The minimum atomic E-state index is -0.265. The molecule has 0 bridgehead atoms. The summed E-state index contributed by atoms with van der Waals surface area (Å²) in [5.74, 6) is -0.265. The number of nitrogens with zero attached hydrogens (tertiary/aromatic N) is 2. The van der Waals surface area contributed by atoms with E-state index in [0.29, 0.717) is 5.69 Å². The van der Waals surface area contributed by atoms with E-state index in [4.69, 9.17) is 0 Å². The van der Waals surface area contributed by atoms with Gasteiger partial charge in [0.05, 0.1) is 17.6 Å². The van der Waals surface area contributed by atoms with Gasteiger partial charge in [-0.25, -0.2) is 9.07 Å². The van der Waals surface area contributed by atoms with Crippen LogP contribution < -0.4 is 0 Å². The van der Waals surface area contributed by atoms with Crippen molar-refractivity contribution in [2.24, 2.45) is 0 Å². The van der Waals surface area contributed by atoms with E-state index in [0.717, 1.165) is 5.69 Å². The molecule has 1 aromatic heterocycles. The highest BCUT2D eigenvalue weighted by molar-refractivity contribution is 5.30. The van der Waals surface area contributed by atoms with Crippen molar-refractivity contribution in [3.63, 3.8) is 0 Å². The fraction of sp³-hybridized carbons (Fsp3) is 0.100. The fourth-order valence-electron chi connectivity index (χ4n) is 1.11. The number of benzene rings is 1. The number of hydrogen-bond acceptors (Lipinski definition) is 1. The molecule has 1 heterocycles. The second-order valence-electron chi connectivity index (χ2n) is 2.81. The van der Waals surface area contributed by atoms with Crippen LogP contribution in [0.1, 0.15) is 5.69 Å². The van der Waals surface area contributed by atoms with Gasteiger partial charge in [0, 0.05) is 0 Å². The number of aryl methyl sites for hydroxylation is 1. The van der Waals surface area contributed by atoms with Crippen molar-refractivity contribution in [2.45, 2.75) is 6.92 Å². The molecule has 2 nitrogen and oxygen atoms in total. The van der Waals surface area contributed by atoms with Crippen LogP contribution in [0, 0.1) is 18.9 Å². The van der Waals surface area contributed by atoms with E-state index in [1.165, 1.54) is 16.8 Å². The smallest absolute Gasteiger partial charge is 0.125 e. The Morgan fingerprint density at radius 3 is 2.92 bits per heavy atom. The van der Waals surface area contributed by atoms with Crippen molar-refractivity contribution in [1.82, 2.24) is 9.78 Å². The van der Waals surface area contributed by atoms with Crippen LogP contribution in [0.25, 0.3) is 5.69 Å². The Balaban J connectivity index is 2.46. The number of aromatic nitrogens is 2. The molecular weight excluding hydrogens is 167 g/mol. The Labute approximate surface area is 75.6 Å². The van der Waals surface area contributed by atoms with Crippen molar-refractivity contribution in [3.05, 3.63) is 48.0 Å². The lowest BCUT2D eigenvalue weighted by Crippen LogP contribution is -1.95. The topological polar surface area (TPSA) is 17.8 Å². The number of hydrogen-bond donors (Lipinski definition) is 0. The molecule has 0 aliphatic rings. The first-order valence-corrected chi connectivity index (χ1v) is 3.96. The van der Waals surface area contributed by atoms with Crippen molar-refractivity contribution >= 4 is 0 Å². The van der Waals surface area contributed by atoms with Crippen LogP contribution >= 0.6 is 0 Å². The summed E-state index contributed by atoms with van der Waals surface area (Å²) in [4.78, 5) is 0. The molecule has 65 valence electrons. The van der Waals surface area contributed by atoms with Crippen LogP contribution in [-0.2, 0) is 0 Å².